The first-order valence-corrected chi connectivity index (χ1v) is 7.10. The molecule has 3 rings (SSSR count). The third-order valence-electron chi connectivity index (χ3n) is 4.27. The third-order valence-corrected chi connectivity index (χ3v) is 4.27. The van der Waals surface area contributed by atoms with Crippen LogP contribution in [0.3, 0.4) is 0 Å². The number of carboxylic acid groups (broad SMARTS) is 1. The minimum absolute atomic E-state index is 0.0607. The molecule has 7 nitrogen and oxygen atoms in total. The van der Waals surface area contributed by atoms with E-state index in [2.05, 4.69) is 4.98 Å². The standard InChI is InChI=1S/C14H18N2O5/c1-20-14(19)8-2-4-16-10(6-8)11(13(17)18)15-12(16)9-3-5-21-7-9/h8-9H,2-7H2,1H3,(H,17,18). The molecule has 1 aromatic rings. The Kier molecular flexibility index (Phi) is 3.67. The summed E-state index contributed by atoms with van der Waals surface area (Å²) in [4.78, 5) is 27.4. The van der Waals surface area contributed by atoms with E-state index in [0.717, 1.165) is 12.2 Å². The van der Waals surface area contributed by atoms with E-state index >= 15 is 0 Å². The van der Waals surface area contributed by atoms with Gasteiger partial charge in [0.2, 0.25) is 0 Å². The fourth-order valence-corrected chi connectivity index (χ4v) is 3.17. The number of fused-ring (bicyclic) bond motifs is 1. The molecule has 0 saturated carbocycles. The number of nitrogens with zero attached hydrogens (tertiary/aromatic N) is 2. The summed E-state index contributed by atoms with van der Waals surface area (Å²) in [5.74, 6) is -0.696. The largest absolute Gasteiger partial charge is 0.476 e. The van der Waals surface area contributed by atoms with Crippen LogP contribution in [0.25, 0.3) is 0 Å². The van der Waals surface area contributed by atoms with Gasteiger partial charge in [-0.25, -0.2) is 9.78 Å². The first-order valence-electron chi connectivity index (χ1n) is 7.10. The first kappa shape index (κ1) is 14.1. The lowest BCUT2D eigenvalue weighted by molar-refractivity contribution is -0.146. The average molecular weight is 294 g/mol. The van der Waals surface area contributed by atoms with Gasteiger partial charge >= 0.3 is 11.9 Å². The summed E-state index contributed by atoms with van der Waals surface area (Å²) in [6.45, 7) is 1.86. The molecular weight excluding hydrogens is 276 g/mol. The van der Waals surface area contributed by atoms with Crippen molar-refractivity contribution in [2.45, 2.75) is 31.7 Å². The summed E-state index contributed by atoms with van der Waals surface area (Å²) in [5, 5.41) is 9.36. The van der Waals surface area contributed by atoms with Crippen molar-refractivity contribution >= 4 is 11.9 Å². The fourth-order valence-electron chi connectivity index (χ4n) is 3.17. The Morgan fingerprint density at radius 3 is 2.86 bits per heavy atom. The Hall–Kier alpha value is -1.89. The number of carboxylic acids is 1. The van der Waals surface area contributed by atoms with Crippen molar-refractivity contribution < 1.29 is 24.2 Å². The summed E-state index contributed by atoms with van der Waals surface area (Å²) >= 11 is 0. The van der Waals surface area contributed by atoms with Gasteiger partial charge in [0, 0.05) is 25.5 Å². The van der Waals surface area contributed by atoms with Crippen molar-refractivity contribution in [3.63, 3.8) is 0 Å². The number of imidazole rings is 1. The molecule has 0 spiro atoms. The molecule has 3 heterocycles. The maximum Gasteiger partial charge on any atom is 0.356 e. The quantitative estimate of drug-likeness (QED) is 0.830. The maximum absolute atomic E-state index is 11.7. The van der Waals surface area contributed by atoms with Crippen LogP contribution in [0.5, 0.6) is 0 Å². The van der Waals surface area contributed by atoms with Gasteiger partial charge in [-0.15, -0.1) is 0 Å². The summed E-state index contributed by atoms with van der Waals surface area (Å²) in [5.41, 5.74) is 0.691. The number of methoxy groups -OCH3 is 1. The number of esters is 1. The number of carbonyl (C=O) groups is 2. The molecule has 0 radical (unpaired) electrons. The Labute approximate surface area is 121 Å². The summed E-state index contributed by atoms with van der Waals surface area (Å²) in [6, 6.07) is 0. The van der Waals surface area contributed by atoms with Crippen LogP contribution in [0.2, 0.25) is 0 Å². The van der Waals surface area contributed by atoms with Crippen molar-refractivity contribution in [3.05, 3.63) is 17.2 Å². The van der Waals surface area contributed by atoms with E-state index in [9.17, 15) is 14.7 Å². The monoisotopic (exact) mass is 294 g/mol. The van der Waals surface area contributed by atoms with Crippen molar-refractivity contribution in [3.8, 4) is 0 Å². The SMILES string of the molecule is COC(=O)C1CCn2c(C3CCOC3)nc(C(=O)O)c2C1. The van der Waals surface area contributed by atoms with E-state index < -0.39 is 5.97 Å². The molecule has 0 aliphatic carbocycles. The van der Waals surface area contributed by atoms with Crippen molar-refractivity contribution in [1.82, 2.24) is 9.55 Å². The molecular formula is C14H18N2O5. The summed E-state index contributed by atoms with van der Waals surface area (Å²) in [7, 11) is 1.35. The highest BCUT2D eigenvalue weighted by atomic mass is 16.5. The van der Waals surface area contributed by atoms with Crippen molar-refractivity contribution in [2.24, 2.45) is 5.92 Å². The second-order valence-corrected chi connectivity index (χ2v) is 5.50. The smallest absolute Gasteiger partial charge is 0.356 e. The van der Waals surface area contributed by atoms with Gasteiger partial charge in [0.15, 0.2) is 5.69 Å². The zero-order valence-electron chi connectivity index (χ0n) is 11.9. The van der Waals surface area contributed by atoms with E-state index in [1.54, 1.807) is 0 Å². The van der Waals surface area contributed by atoms with E-state index in [1.165, 1.54) is 7.11 Å². The van der Waals surface area contributed by atoms with Gasteiger partial charge < -0.3 is 19.1 Å². The minimum Gasteiger partial charge on any atom is -0.476 e. The number of hydrogen-bond donors (Lipinski definition) is 1. The topological polar surface area (TPSA) is 90.7 Å². The van der Waals surface area contributed by atoms with Crippen LogP contribution in [0.4, 0.5) is 0 Å². The van der Waals surface area contributed by atoms with Crippen LogP contribution in [0.1, 0.15) is 40.8 Å². The molecule has 1 N–H and O–H groups in total. The zero-order valence-corrected chi connectivity index (χ0v) is 11.9. The lowest BCUT2D eigenvalue weighted by Gasteiger charge is -2.24. The summed E-state index contributed by atoms with van der Waals surface area (Å²) in [6.07, 6.45) is 1.88. The predicted molar refractivity (Wildman–Crippen MR) is 71.2 cm³/mol. The molecule has 2 aliphatic heterocycles. The molecule has 0 aromatic carbocycles. The number of carbonyl (C=O) groups excluding carboxylic acids is 1. The second kappa shape index (κ2) is 5.48. The highest BCUT2D eigenvalue weighted by Gasteiger charge is 2.34. The lowest BCUT2D eigenvalue weighted by atomic mass is 9.94. The van der Waals surface area contributed by atoms with E-state index in [0.29, 0.717) is 38.3 Å². The Morgan fingerprint density at radius 1 is 1.43 bits per heavy atom. The molecule has 1 saturated heterocycles. The van der Waals surface area contributed by atoms with Gasteiger partial charge in [0.1, 0.15) is 5.82 Å². The molecule has 21 heavy (non-hydrogen) atoms. The van der Waals surface area contributed by atoms with Crippen LogP contribution < -0.4 is 0 Å². The van der Waals surface area contributed by atoms with Crippen LogP contribution in [0.15, 0.2) is 0 Å². The van der Waals surface area contributed by atoms with Crippen LogP contribution in [0, 0.1) is 5.92 Å². The lowest BCUT2D eigenvalue weighted by Crippen LogP contribution is -2.28. The molecule has 2 aliphatic rings. The first-order chi connectivity index (χ1) is 10.1. The van der Waals surface area contributed by atoms with Gasteiger partial charge in [-0.05, 0) is 12.8 Å². The number of aromatic nitrogens is 2. The highest BCUT2D eigenvalue weighted by Crippen LogP contribution is 2.32. The number of hydrogen-bond acceptors (Lipinski definition) is 5. The average Bonchev–Trinajstić information content (AvgIpc) is 3.12. The molecule has 7 heteroatoms. The van der Waals surface area contributed by atoms with Crippen molar-refractivity contribution in [1.29, 1.82) is 0 Å². The molecule has 0 bridgehead atoms. The van der Waals surface area contributed by atoms with Gasteiger partial charge in [0.05, 0.1) is 25.3 Å². The molecule has 1 fully saturated rings. The number of ether oxygens (including phenoxy) is 2. The van der Waals surface area contributed by atoms with E-state index in [4.69, 9.17) is 9.47 Å². The zero-order chi connectivity index (χ0) is 15.0. The molecule has 114 valence electrons. The van der Waals surface area contributed by atoms with Gasteiger partial charge in [0.25, 0.3) is 0 Å². The van der Waals surface area contributed by atoms with E-state index in [1.807, 2.05) is 4.57 Å². The number of aromatic carboxylic acids is 1. The fraction of sp³-hybridized carbons (Fsp3) is 0.643. The maximum atomic E-state index is 11.7. The Morgan fingerprint density at radius 2 is 2.24 bits per heavy atom. The Balaban J connectivity index is 1.97. The van der Waals surface area contributed by atoms with Gasteiger partial charge in [-0.3, -0.25) is 4.79 Å². The van der Waals surface area contributed by atoms with Gasteiger partial charge in [-0.2, -0.15) is 0 Å². The normalized spacial score (nSPS) is 24.6. The Bertz CT molecular complexity index is 574. The second-order valence-electron chi connectivity index (χ2n) is 5.50. The van der Waals surface area contributed by atoms with Crippen LogP contribution in [-0.2, 0) is 27.2 Å². The predicted octanol–water partition coefficient (Wildman–Crippen LogP) is 0.821. The molecule has 0 amide bonds. The highest BCUT2D eigenvalue weighted by molar-refractivity contribution is 5.87. The molecule has 1 aromatic heterocycles. The molecule has 2 atom stereocenters. The third kappa shape index (κ3) is 2.42. The van der Waals surface area contributed by atoms with Crippen LogP contribution in [-0.4, -0.2) is 46.9 Å². The van der Waals surface area contributed by atoms with Crippen molar-refractivity contribution in [2.75, 3.05) is 20.3 Å². The number of rotatable bonds is 3. The van der Waals surface area contributed by atoms with E-state index in [-0.39, 0.29) is 23.5 Å². The van der Waals surface area contributed by atoms with Gasteiger partial charge in [-0.1, -0.05) is 0 Å². The summed E-state index contributed by atoms with van der Waals surface area (Å²) < 4.78 is 12.1. The van der Waals surface area contributed by atoms with Crippen LogP contribution >= 0.6 is 0 Å². The molecule has 2 unspecified atom stereocenters. The minimum atomic E-state index is -1.05.